The van der Waals surface area contributed by atoms with Crippen molar-refractivity contribution >= 4 is 5.91 Å². The number of nitrogens with zero attached hydrogens (tertiary/aromatic N) is 5. The predicted molar refractivity (Wildman–Crippen MR) is 107 cm³/mol. The Morgan fingerprint density at radius 1 is 1.07 bits per heavy atom. The molecule has 7 nitrogen and oxygen atoms in total. The summed E-state index contributed by atoms with van der Waals surface area (Å²) in [6.45, 7) is 6.91. The molecule has 7 heteroatoms. The third-order valence-electron chi connectivity index (χ3n) is 5.78. The molecular weight excluding hydrogens is 354 g/mol. The number of rotatable bonds is 4. The lowest BCUT2D eigenvalue weighted by Gasteiger charge is -2.34. The SMILES string of the molecule is Cc1cccc(CN2CCN(C(=O)Cn3nc4n(c3=O)CCCCC4)CC2)c1. The Morgan fingerprint density at radius 3 is 2.68 bits per heavy atom. The van der Waals surface area contributed by atoms with Crippen LogP contribution in [0.5, 0.6) is 0 Å². The van der Waals surface area contributed by atoms with Crippen LogP contribution in [0.25, 0.3) is 0 Å². The van der Waals surface area contributed by atoms with Crippen molar-refractivity contribution in [2.24, 2.45) is 0 Å². The minimum Gasteiger partial charge on any atom is -0.339 e. The van der Waals surface area contributed by atoms with E-state index in [1.165, 1.54) is 15.8 Å². The predicted octanol–water partition coefficient (Wildman–Crippen LogP) is 1.42. The van der Waals surface area contributed by atoms with Gasteiger partial charge in [-0.15, -0.1) is 0 Å². The summed E-state index contributed by atoms with van der Waals surface area (Å²) in [5.41, 5.74) is 2.45. The molecule has 0 atom stereocenters. The third kappa shape index (κ3) is 4.19. The fourth-order valence-corrected chi connectivity index (χ4v) is 4.18. The molecule has 1 saturated heterocycles. The second-order valence-corrected chi connectivity index (χ2v) is 7.96. The summed E-state index contributed by atoms with van der Waals surface area (Å²) >= 11 is 0. The first-order valence-corrected chi connectivity index (χ1v) is 10.3. The van der Waals surface area contributed by atoms with Crippen molar-refractivity contribution in [3.05, 3.63) is 51.7 Å². The van der Waals surface area contributed by atoms with Gasteiger partial charge in [-0.3, -0.25) is 14.3 Å². The van der Waals surface area contributed by atoms with Gasteiger partial charge in [0.05, 0.1) is 0 Å². The monoisotopic (exact) mass is 383 g/mol. The fraction of sp³-hybridized carbons (Fsp3) is 0.571. The topological polar surface area (TPSA) is 63.4 Å². The van der Waals surface area contributed by atoms with Crippen LogP contribution in [0.3, 0.4) is 0 Å². The number of piperazine rings is 1. The molecule has 2 aliphatic heterocycles. The molecule has 0 aliphatic carbocycles. The van der Waals surface area contributed by atoms with Gasteiger partial charge in [-0.05, 0) is 25.3 Å². The molecule has 0 saturated carbocycles. The Labute approximate surface area is 165 Å². The number of fused-ring (bicyclic) bond motifs is 1. The molecule has 0 bridgehead atoms. The standard InChI is InChI=1S/C21H29N5O2/c1-17-6-5-7-18(14-17)15-23-10-12-24(13-11-23)20(27)16-26-21(28)25-9-4-2-3-8-19(25)22-26/h5-7,14H,2-4,8-13,15-16H2,1H3. The molecule has 4 rings (SSSR count). The zero-order valence-electron chi connectivity index (χ0n) is 16.6. The second kappa shape index (κ2) is 8.31. The first-order chi connectivity index (χ1) is 13.6. The molecule has 1 aromatic heterocycles. The summed E-state index contributed by atoms with van der Waals surface area (Å²) in [4.78, 5) is 29.5. The van der Waals surface area contributed by atoms with Crippen LogP contribution in [0.1, 0.15) is 36.2 Å². The molecule has 3 heterocycles. The van der Waals surface area contributed by atoms with Crippen molar-refractivity contribution in [2.75, 3.05) is 26.2 Å². The summed E-state index contributed by atoms with van der Waals surface area (Å²) in [6, 6.07) is 8.57. The zero-order chi connectivity index (χ0) is 19.5. The van der Waals surface area contributed by atoms with Crippen LogP contribution < -0.4 is 5.69 Å². The highest BCUT2D eigenvalue weighted by Gasteiger charge is 2.23. The summed E-state index contributed by atoms with van der Waals surface area (Å²) in [5.74, 6) is 0.823. The number of carbonyl (C=O) groups excluding carboxylic acids is 1. The number of hydrogen-bond acceptors (Lipinski definition) is 4. The average molecular weight is 383 g/mol. The second-order valence-electron chi connectivity index (χ2n) is 7.96. The van der Waals surface area contributed by atoms with Gasteiger partial charge in [-0.2, -0.15) is 5.10 Å². The van der Waals surface area contributed by atoms with E-state index in [0.29, 0.717) is 13.1 Å². The number of amides is 1. The van der Waals surface area contributed by atoms with Gasteiger partial charge in [-0.25, -0.2) is 9.48 Å². The summed E-state index contributed by atoms with van der Waals surface area (Å²) in [7, 11) is 0. The van der Waals surface area contributed by atoms with Crippen molar-refractivity contribution in [1.29, 1.82) is 0 Å². The van der Waals surface area contributed by atoms with E-state index < -0.39 is 0 Å². The Morgan fingerprint density at radius 2 is 1.89 bits per heavy atom. The van der Waals surface area contributed by atoms with E-state index >= 15 is 0 Å². The van der Waals surface area contributed by atoms with Gasteiger partial charge in [0.25, 0.3) is 0 Å². The van der Waals surface area contributed by atoms with E-state index in [1.807, 2.05) is 4.90 Å². The molecule has 150 valence electrons. The zero-order valence-corrected chi connectivity index (χ0v) is 16.6. The smallest absolute Gasteiger partial charge is 0.339 e. The Bertz CT molecular complexity index is 892. The van der Waals surface area contributed by atoms with E-state index in [9.17, 15) is 9.59 Å². The van der Waals surface area contributed by atoms with Crippen molar-refractivity contribution in [1.82, 2.24) is 24.1 Å². The quantitative estimate of drug-likeness (QED) is 0.801. The number of aromatic nitrogens is 3. The van der Waals surface area contributed by atoms with Gasteiger partial charge in [0.15, 0.2) is 0 Å². The lowest BCUT2D eigenvalue weighted by molar-refractivity contribution is -0.133. The maximum atomic E-state index is 12.7. The maximum absolute atomic E-state index is 12.7. The first-order valence-electron chi connectivity index (χ1n) is 10.3. The van der Waals surface area contributed by atoms with Gasteiger partial charge >= 0.3 is 5.69 Å². The normalized spacial score (nSPS) is 18.0. The van der Waals surface area contributed by atoms with Crippen molar-refractivity contribution in [3.63, 3.8) is 0 Å². The van der Waals surface area contributed by atoms with E-state index in [2.05, 4.69) is 41.2 Å². The van der Waals surface area contributed by atoms with Crippen LogP contribution in [0, 0.1) is 6.92 Å². The highest BCUT2D eigenvalue weighted by atomic mass is 16.2. The van der Waals surface area contributed by atoms with Gasteiger partial charge < -0.3 is 4.90 Å². The van der Waals surface area contributed by atoms with Crippen LogP contribution in [-0.2, 0) is 30.8 Å². The van der Waals surface area contributed by atoms with Gasteiger partial charge in [-0.1, -0.05) is 36.2 Å². The largest absolute Gasteiger partial charge is 0.346 e. The molecule has 1 aromatic carbocycles. The van der Waals surface area contributed by atoms with Crippen molar-refractivity contribution in [3.8, 4) is 0 Å². The van der Waals surface area contributed by atoms with Crippen LogP contribution in [0.2, 0.25) is 0 Å². The molecule has 0 radical (unpaired) electrons. The molecular formula is C21H29N5O2. The minimum atomic E-state index is -0.136. The number of carbonyl (C=O) groups is 1. The molecule has 0 N–H and O–H groups in total. The fourth-order valence-electron chi connectivity index (χ4n) is 4.18. The van der Waals surface area contributed by atoms with E-state index in [-0.39, 0.29) is 18.1 Å². The van der Waals surface area contributed by atoms with E-state index in [4.69, 9.17) is 0 Å². The number of hydrogen-bond donors (Lipinski definition) is 0. The molecule has 1 amide bonds. The van der Waals surface area contributed by atoms with Gasteiger partial charge in [0.2, 0.25) is 5.91 Å². The van der Waals surface area contributed by atoms with Crippen LogP contribution in [-0.4, -0.2) is 56.2 Å². The number of aryl methyl sites for hydroxylation is 2. The van der Waals surface area contributed by atoms with Gasteiger partial charge in [0.1, 0.15) is 12.4 Å². The minimum absolute atomic E-state index is 0.00874. The lowest BCUT2D eigenvalue weighted by Crippen LogP contribution is -2.49. The molecule has 0 spiro atoms. The molecule has 28 heavy (non-hydrogen) atoms. The molecule has 2 aliphatic rings. The van der Waals surface area contributed by atoms with E-state index in [1.54, 1.807) is 4.57 Å². The molecule has 0 unspecified atom stereocenters. The summed E-state index contributed by atoms with van der Waals surface area (Å²) in [6.07, 6.45) is 4.03. The van der Waals surface area contributed by atoms with Crippen molar-refractivity contribution in [2.45, 2.75) is 52.2 Å². The maximum Gasteiger partial charge on any atom is 0.346 e. The van der Waals surface area contributed by atoms with Crippen LogP contribution in [0.15, 0.2) is 29.1 Å². The lowest BCUT2D eigenvalue weighted by atomic mass is 10.1. The molecule has 2 aromatic rings. The summed E-state index contributed by atoms with van der Waals surface area (Å²) < 4.78 is 3.11. The Balaban J connectivity index is 1.33. The van der Waals surface area contributed by atoms with Gasteiger partial charge in [0, 0.05) is 45.7 Å². The Hall–Kier alpha value is -2.41. The van der Waals surface area contributed by atoms with Crippen molar-refractivity contribution < 1.29 is 4.79 Å². The molecule has 1 fully saturated rings. The highest BCUT2D eigenvalue weighted by molar-refractivity contribution is 5.76. The van der Waals surface area contributed by atoms with Crippen LogP contribution in [0.4, 0.5) is 0 Å². The first kappa shape index (κ1) is 18.9. The van der Waals surface area contributed by atoms with E-state index in [0.717, 1.165) is 57.7 Å². The summed E-state index contributed by atoms with van der Waals surface area (Å²) in [5, 5.41) is 4.43. The highest BCUT2D eigenvalue weighted by Crippen LogP contribution is 2.12. The number of benzene rings is 1. The third-order valence-corrected chi connectivity index (χ3v) is 5.78. The average Bonchev–Trinajstić information content (AvgIpc) is 2.85. The van der Waals surface area contributed by atoms with Crippen LogP contribution >= 0.6 is 0 Å². The Kier molecular flexibility index (Phi) is 5.62.